The maximum absolute atomic E-state index is 12.7. The molecule has 2 aromatic carbocycles. The third kappa shape index (κ3) is 3.17. The first-order valence-corrected chi connectivity index (χ1v) is 8.17. The van der Waals surface area contributed by atoms with Gasteiger partial charge in [-0.05, 0) is 76.3 Å². The summed E-state index contributed by atoms with van der Waals surface area (Å²) in [6.45, 7) is 0. The van der Waals surface area contributed by atoms with Crippen LogP contribution in [0.4, 0.5) is 0 Å². The minimum Gasteiger partial charge on any atom is -0.497 e. The van der Waals surface area contributed by atoms with Gasteiger partial charge in [-0.15, -0.1) is 0 Å². The number of aryl methyl sites for hydroxylation is 1. The first-order chi connectivity index (χ1) is 11.1. The molecule has 3 nitrogen and oxygen atoms in total. The van der Waals surface area contributed by atoms with E-state index < -0.39 is 0 Å². The average molecular weight is 373 g/mol. The number of halogens is 1. The van der Waals surface area contributed by atoms with Gasteiger partial charge in [0.15, 0.2) is 5.78 Å². The molecule has 3 rings (SSSR count). The molecule has 4 heteroatoms. The van der Waals surface area contributed by atoms with Crippen LogP contribution in [0.2, 0.25) is 0 Å². The summed E-state index contributed by atoms with van der Waals surface area (Å²) in [5, 5.41) is 0. The van der Waals surface area contributed by atoms with Gasteiger partial charge in [0.2, 0.25) is 0 Å². The minimum atomic E-state index is 0.0980. The molecule has 0 saturated heterocycles. The number of ether oxygens (including phenoxy) is 2. The van der Waals surface area contributed by atoms with Crippen LogP contribution in [0.15, 0.2) is 46.4 Å². The summed E-state index contributed by atoms with van der Waals surface area (Å²) in [6.07, 6.45) is 3.55. The van der Waals surface area contributed by atoms with Gasteiger partial charge in [0.05, 0.1) is 18.7 Å². The molecule has 0 radical (unpaired) electrons. The SMILES string of the molecule is COc1ccc2c(c1)CC/C(=C/c1ccc(OC)c(Br)c1)C2=O. The summed E-state index contributed by atoms with van der Waals surface area (Å²) >= 11 is 3.48. The van der Waals surface area contributed by atoms with Crippen molar-refractivity contribution in [1.29, 1.82) is 0 Å². The topological polar surface area (TPSA) is 35.5 Å². The lowest BCUT2D eigenvalue weighted by Crippen LogP contribution is -2.14. The number of hydrogen-bond acceptors (Lipinski definition) is 3. The van der Waals surface area contributed by atoms with Crippen molar-refractivity contribution in [3.63, 3.8) is 0 Å². The van der Waals surface area contributed by atoms with Crippen LogP contribution in [-0.2, 0) is 6.42 Å². The molecule has 23 heavy (non-hydrogen) atoms. The van der Waals surface area contributed by atoms with Crippen molar-refractivity contribution in [2.75, 3.05) is 14.2 Å². The molecule has 1 aliphatic carbocycles. The number of rotatable bonds is 3. The van der Waals surface area contributed by atoms with E-state index in [0.29, 0.717) is 0 Å². The number of benzene rings is 2. The standard InChI is InChI=1S/C19H17BrO3/c1-22-15-6-7-16-13(11-15)4-5-14(19(16)21)9-12-3-8-18(23-2)17(20)10-12/h3,6-11H,4-5H2,1-2H3/b14-9-. The summed E-state index contributed by atoms with van der Waals surface area (Å²) < 4.78 is 11.3. The van der Waals surface area contributed by atoms with E-state index in [2.05, 4.69) is 15.9 Å². The number of hydrogen-bond donors (Lipinski definition) is 0. The molecule has 0 fully saturated rings. The Hall–Kier alpha value is -2.07. The summed E-state index contributed by atoms with van der Waals surface area (Å²) in [6, 6.07) is 11.4. The number of carbonyl (C=O) groups is 1. The number of carbonyl (C=O) groups excluding carboxylic acids is 1. The smallest absolute Gasteiger partial charge is 0.189 e. The van der Waals surface area contributed by atoms with Crippen molar-refractivity contribution in [1.82, 2.24) is 0 Å². The Morgan fingerprint density at radius 1 is 1.04 bits per heavy atom. The van der Waals surface area contributed by atoms with Crippen molar-refractivity contribution in [3.05, 3.63) is 63.1 Å². The summed E-state index contributed by atoms with van der Waals surface area (Å²) in [7, 11) is 3.27. The van der Waals surface area contributed by atoms with Gasteiger partial charge in [-0.1, -0.05) is 6.07 Å². The van der Waals surface area contributed by atoms with Crippen LogP contribution in [0, 0.1) is 0 Å². The predicted molar refractivity (Wildman–Crippen MR) is 94.3 cm³/mol. The summed E-state index contributed by atoms with van der Waals surface area (Å²) in [4.78, 5) is 12.7. The largest absolute Gasteiger partial charge is 0.497 e. The number of fused-ring (bicyclic) bond motifs is 1. The summed E-state index contributed by atoms with van der Waals surface area (Å²) in [5.41, 5.74) is 3.65. The molecule has 0 unspecified atom stereocenters. The third-order valence-electron chi connectivity index (χ3n) is 4.03. The van der Waals surface area contributed by atoms with Gasteiger partial charge in [0.1, 0.15) is 11.5 Å². The van der Waals surface area contributed by atoms with Crippen LogP contribution in [0.1, 0.15) is 27.9 Å². The second-order valence-corrected chi connectivity index (χ2v) is 6.27. The van der Waals surface area contributed by atoms with E-state index in [4.69, 9.17) is 9.47 Å². The number of ketones is 1. The molecule has 0 bridgehead atoms. The fourth-order valence-electron chi connectivity index (χ4n) is 2.79. The quantitative estimate of drug-likeness (QED) is 0.733. The van der Waals surface area contributed by atoms with Crippen LogP contribution in [-0.4, -0.2) is 20.0 Å². The average Bonchev–Trinajstić information content (AvgIpc) is 2.57. The van der Waals surface area contributed by atoms with Gasteiger partial charge in [0.25, 0.3) is 0 Å². The Labute approximate surface area is 144 Å². The highest BCUT2D eigenvalue weighted by atomic mass is 79.9. The fourth-order valence-corrected chi connectivity index (χ4v) is 3.35. The molecule has 0 spiro atoms. The monoisotopic (exact) mass is 372 g/mol. The van der Waals surface area contributed by atoms with Gasteiger partial charge in [-0.3, -0.25) is 4.79 Å². The van der Waals surface area contributed by atoms with E-state index in [9.17, 15) is 4.79 Å². The Kier molecular flexibility index (Phi) is 4.53. The lowest BCUT2D eigenvalue weighted by Gasteiger charge is -2.18. The summed E-state index contributed by atoms with van der Waals surface area (Å²) in [5.74, 6) is 1.67. The third-order valence-corrected chi connectivity index (χ3v) is 4.65. The first-order valence-electron chi connectivity index (χ1n) is 7.38. The Morgan fingerprint density at radius 2 is 1.87 bits per heavy atom. The zero-order valence-electron chi connectivity index (χ0n) is 13.1. The lowest BCUT2D eigenvalue weighted by atomic mass is 9.86. The van der Waals surface area contributed by atoms with Gasteiger partial charge >= 0.3 is 0 Å². The first kappa shape index (κ1) is 15.8. The van der Waals surface area contributed by atoms with Crippen molar-refractivity contribution < 1.29 is 14.3 Å². The molecule has 0 aromatic heterocycles. The highest BCUT2D eigenvalue weighted by molar-refractivity contribution is 9.10. The second kappa shape index (κ2) is 6.59. The van der Waals surface area contributed by atoms with E-state index in [-0.39, 0.29) is 5.78 Å². The zero-order valence-corrected chi connectivity index (χ0v) is 14.6. The van der Waals surface area contributed by atoms with E-state index in [1.165, 1.54) is 0 Å². The highest BCUT2D eigenvalue weighted by Gasteiger charge is 2.22. The minimum absolute atomic E-state index is 0.0980. The van der Waals surface area contributed by atoms with E-state index in [1.807, 2.05) is 42.5 Å². The molecular weight excluding hydrogens is 356 g/mol. The molecule has 0 heterocycles. The Morgan fingerprint density at radius 3 is 2.57 bits per heavy atom. The van der Waals surface area contributed by atoms with Crippen molar-refractivity contribution >= 4 is 27.8 Å². The lowest BCUT2D eigenvalue weighted by molar-refractivity contribution is 0.102. The number of allylic oxidation sites excluding steroid dienone is 1. The molecule has 0 N–H and O–H groups in total. The zero-order chi connectivity index (χ0) is 16.4. The molecule has 1 aliphatic rings. The molecular formula is C19H17BrO3. The van der Waals surface area contributed by atoms with Crippen LogP contribution >= 0.6 is 15.9 Å². The molecule has 0 saturated carbocycles. The number of methoxy groups -OCH3 is 2. The molecule has 2 aromatic rings. The van der Waals surface area contributed by atoms with Crippen LogP contribution < -0.4 is 9.47 Å². The van der Waals surface area contributed by atoms with Gasteiger partial charge in [0, 0.05) is 11.1 Å². The molecule has 118 valence electrons. The van der Waals surface area contributed by atoms with Gasteiger partial charge in [-0.2, -0.15) is 0 Å². The van der Waals surface area contributed by atoms with Gasteiger partial charge in [-0.25, -0.2) is 0 Å². The van der Waals surface area contributed by atoms with Crippen molar-refractivity contribution in [2.24, 2.45) is 0 Å². The van der Waals surface area contributed by atoms with E-state index >= 15 is 0 Å². The van der Waals surface area contributed by atoms with Crippen molar-refractivity contribution in [2.45, 2.75) is 12.8 Å². The van der Waals surface area contributed by atoms with Crippen LogP contribution in [0.25, 0.3) is 6.08 Å². The number of Topliss-reactive ketones (excluding diaryl/α,β-unsaturated/α-hetero) is 1. The van der Waals surface area contributed by atoms with E-state index in [0.717, 1.165) is 51.1 Å². The van der Waals surface area contributed by atoms with Gasteiger partial charge < -0.3 is 9.47 Å². The second-order valence-electron chi connectivity index (χ2n) is 5.42. The highest BCUT2D eigenvalue weighted by Crippen LogP contribution is 2.31. The normalized spacial score (nSPS) is 15.4. The molecule has 0 aliphatic heterocycles. The maximum Gasteiger partial charge on any atom is 0.189 e. The van der Waals surface area contributed by atoms with E-state index in [1.54, 1.807) is 14.2 Å². The Balaban J connectivity index is 1.92. The molecule has 0 amide bonds. The predicted octanol–water partition coefficient (Wildman–Crippen LogP) is 4.68. The fraction of sp³-hybridized carbons (Fsp3) is 0.211. The Bertz CT molecular complexity index is 793. The van der Waals surface area contributed by atoms with Crippen molar-refractivity contribution in [3.8, 4) is 11.5 Å². The van der Waals surface area contributed by atoms with Crippen LogP contribution in [0.5, 0.6) is 11.5 Å². The van der Waals surface area contributed by atoms with Crippen LogP contribution in [0.3, 0.4) is 0 Å². The molecule has 0 atom stereocenters. The maximum atomic E-state index is 12.7.